The molecule has 2 aliphatic heterocycles. The van der Waals surface area contributed by atoms with Crippen LogP contribution in [0.4, 0.5) is 4.79 Å². The van der Waals surface area contributed by atoms with Crippen molar-refractivity contribution in [3.63, 3.8) is 0 Å². The first kappa shape index (κ1) is 13.7. The number of carbonyl (C=O) groups excluding carboxylic acids is 1. The molecule has 8 heteroatoms. The average Bonchev–Trinajstić information content (AvgIpc) is 3.00. The minimum Gasteiger partial charge on any atom is -0.370 e. The van der Waals surface area contributed by atoms with Crippen LogP contribution >= 0.6 is 0 Å². The van der Waals surface area contributed by atoms with E-state index >= 15 is 0 Å². The molecule has 0 radical (unpaired) electrons. The number of nitrogens with two attached hydrogens (primary N) is 1. The van der Waals surface area contributed by atoms with Crippen LogP contribution in [0, 0.1) is 5.41 Å². The summed E-state index contributed by atoms with van der Waals surface area (Å²) >= 11 is 0. The van der Waals surface area contributed by atoms with Crippen LogP contribution in [0.1, 0.15) is 30.3 Å². The molecule has 3 N–H and O–H groups in total. The third-order valence-electron chi connectivity index (χ3n) is 4.37. The van der Waals surface area contributed by atoms with Crippen molar-refractivity contribution in [3.05, 3.63) is 17.5 Å². The molecule has 0 aliphatic carbocycles. The number of likely N-dealkylation sites (N-methyl/N-ethyl adjacent to an activating group) is 1. The maximum absolute atomic E-state index is 12.2. The summed E-state index contributed by atoms with van der Waals surface area (Å²) in [5.41, 5.74) is 6.19. The lowest BCUT2D eigenvalue weighted by molar-refractivity contribution is 0.177. The zero-order valence-electron chi connectivity index (χ0n) is 12.2. The van der Waals surface area contributed by atoms with Gasteiger partial charge in [-0.05, 0) is 12.8 Å². The molecule has 0 aromatic carbocycles. The Labute approximate surface area is 123 Å². The number of aromatic nitrogens is 1. The lowest BCUT2D eigenvalue weighted by atomic mass is 9.98. The first-order valence-electron chi connectivity index (χ1n) is 7.01. The van der Waals surface area contributed by atoms with Crippen LogP contribution in [-0.2, 0) is 6.54 Å². The molecule has 2 atom stereocenters. The van der Waals surface area contributed by atoms with Crippen LogP contribution in [0.2, 0.25) is 0 Å². The number of rotatable bonds is 3. The van der Waals surface area contributed by atoms with Gasteiger partial charge in [-0.25, -0.2) is 4.79 Å². The predicted octanol–water partition coefficient (Wildman–Crippen LogP) is 0.571. The van der Waals surface area contributed by atoms with Crippen molar-refractivity contribution in [2.45, 2.75) is 31.5 Å². The highest BCUT2D eigenvalue weighted by molar-refractivity contribution is 5.78. The van der Waals surface area contributed by atoms with Crippen molar-refractivity contribution in [2.75, 3.05) is 20.6 Å². The molecule has 114 valence electrons. The fourth-order valence-corrected chi connectivity index (χ4v) is 3.02. The molecule has 2 fully saturated rings. The number of guanidine groups is 1. The molecule has 0 saturated carbocycles. The quantitative estimate of drug-likeness (QED) is 0.626. The van der Waals surface area contributed by atoms with Crippen molar-refractivity contribution >= 4 is 12.0 Å². The van der Waals surface area contributed by atoms with Crippen LogP contribution < -0.4 is 5.73 Å². The molecule has 0 unspecified atom stereocenters. The van der Waals surface area contributed by atoms with Gasteiger partial charge < -0.3 is 25.0 Å². The van der Waals surface area contributed by atoms with Crippen molar-refractivity contribution in [1.82, 2.24) is 19.9 Å². The summed E-state index contributed by atoms with van der Waals surface area (Å²) in [4.78, 5) is 17.4. The molecule has 3 heterocycles. The monoisotopic (exact) mass is 292 g/mol. The van der Waals surface area contributed by atoms with E-state index in [0.29, 0.717) is 18.3 Å². The highest BCUT2D eigenvalue weighted by Crippen LogP contribution is 2.37. The number of fused-ring (bicyclic) bond motifs is 2. The van der Waals surface area contributed by atoms with E-state index in [2.05, 4.69) is 5.16 Å². The van der Waals surface area contributed by atoms with Crippen molar-refractivity contribution < 1.29 is 9.32 Å². The van der Waals surface area contributed by atoms with Gasteiger partial charge in [0, 0.05) is 26.7 Å². The smallest absolute Gasteiger partial charge is 0.320 e. The number of carbonyl (C=O) groups is 1. The number of nitrogens with one attached hydrogen (secondary N) is 1. The van der Waals surface area contributed by atoms with Crippen molar-refractivity contribution in [2.24, 2.45) is 5.73 Å². The molecule has 2 amide bonds. The van der Waals surface area contributed by atoms with E-state index in [0.717, 1.165) is 25.1 Å². The van der Waals surface area contributed by atoms with Gasteiger partial charge in [-0.3, -0.25) is 5.41 Å². The van der Waals surface area contributed by atoms with Crippen LogP contribution in [0.25, 0.3) is 0 Å². The Morgan fingerprint density at radius 3 is 3.10 bits per heavy atom. The van der Waals surface area contributed by atoms with Gasteiger partial charge in [0.1, 0.15) is 5.69 Å². The highest BCUT2D eigenvalue weighted by atomic mass is 16.5. The molecule has 2 aliphatic rings. The molecule has 2 saturated heterocycles. The summed E-state index contributed by atoms with van der Waals surface area (Å²) in [6, 6.07) is 2.23. The third kappa shape index (κ3) is 2.30. The molecule has 0 spiro atoms. The minimum atomic E-state index is -0.0233. The standard InChI is InChI=1S/C13H20N6O2/c1-17(12(14)15)7-9-5-10(16-21-9)11-4-3-8-6-19(11)13(20)18(8)2/h5,8,11H,3-4,6-7H2,1-2H3,(H3,14,15)/t8-,11+/m1/s1. The van der Waals surface area contributed by atoms with Gasteiger partial charge >= 0.3 is 6.03 Å². The van der Waals surface area contributed by atoms with E-state index in [1.54, 1.807) is 11.9 Å². The van der Waals surface area contributed by atoms with Gasteiger partial charge in [-0.2, -0.15) is 0 Å². The van der Waals surface area contributed by atoms with E-state index in [1.807, 2.05) is 22.9 Å². The zero-order valence-corrected chi connectivity index (χ0v) is 12.2. The summed E-state index contributed by atoms with van der Waals surface area (Å²) in [5.74, 6) is 0.620. The van der Waals surface area contributed by atoms with E-state index in [1.165, 1.54) is 0 Å². The molecular formula is C13H20N6O2. The maximum atomic E-state index is 12.2. The first-order valence-corrected chi connectivity index (χ1v) is 7.01. The Bertz CT molecular complexity index is 571. The normalized spacial score (nSPS) is 24.6. The van der Waals surface area contributed by atoms with Gasteiger partial charge in [0.2, 0.25) is 0 Å². The van der Waals surface area contributed by atoms with Gasteiger partial charge in [-0.15, -0.1) is 0 Å². The number of piperidine rings is 1. The Morgan fingerprint density at radius 2 is 2.38 bits per heavy atom. The zero-order chi connectivity index (χ0) is 15.1. The average molecular weight is 292 g/mol. The van der Waals surface area contributed by atoms with Crippen molar-refractivity contribution in [1.29, 1.82) is 5.41 Å². The topological polar surface area (TPSA) is 103 Å². The van der Waals surface area contributed by atoms with E-state index < -0.39 is 0 Å². The Kier molecular flexibility index (Phi) is 3.23. The summed E-state index contributed by atoms with van der Waals surface area (Å²) in [6.45, 7) is 1.15. The Balaban J connectivity index is 1.75. The van der Waals surface area contributed by atoms with Crippen LogP contribution in [0.15, 0.2) is 10.6 Å². The highest BCUT2D eigenvalue weighted by Gasteiger charge is 2.44. The minimum absolute atomic E-state index is 0.0150. The molecule has 1 aromatic heterocycles. The summed E-state index contributed by atoms with van der Waals surface area (Å²) in [7, 11) is 3.57. The lowest BCUT2D eigenvalue weighted by Crippen LogP contribution is -2.34. The number of hydrogen-bond donors (Lipinski definition) is 2. The van der Waals surface area contributed by atoms with E-state index in [-0.39, 0.29) is 18.0 Å². The lowest BCUT2D eigenvalue weighted by Gasteiger charge is -2.28. The SMILES string of the molecule is CN(Cc1cc([C@@H]2CC[C@@H]3CN2C(=O)N3C)no1)C(=N)N. The largest absolute Gasteiger partial charge is 0.370 e. The molecule has 3 rings (SSSR count). The molecule has 8 nitrogen and oxygen atoms in total. The van der Waals surface area contributed by atoms with Gasteiger partial charge in [0.25, 0.3) is 0 Å². The summed E-state index contributed by atoms with van der Waals surface area (Å²) < 4.78 is 5.31. The van der Waals surface area contributed by atoms with Gasteiger partial charge in [-0.1, -0.05) is 5.16 Å². The maximum Gasteiger partial charge on any atom is 0.320 e. The Hall–Kier alpha value is -2.25. The second-order valence-electron chi connectivity index (χ2n) is 5.75. The summed E-state index contributed by atoms with van der Waals surface area (Å²) in [5, 5.41) is 11.5. The third-order valence-corrected chi connectivity index (χ3v) is 4.37. The predicted molar refractivity (Wildman–Crippen MR) is 75.5 cm³/mol. The van der Waals surface area contributed by atoms with Crippen LogP contribution in [0.3, 0.4) is 0 Å². The first-order chi connectivity index (χ1) is 9.97. The van der Waals surface area contributed by atoms with Crippen LogP contribution in [-0.4, -0.2) is 58.5 Å². The number of nitrogens with zero attached hydrogens (tertiary/aromatic N) is 4. The molecule has 21 heavy (non-hydrogen) atoms. The fourth-order valence-electron chi connectivity index (χ4n) is 3.02. The Morgan fingerprint density at radius 1 is 1.62 bits per heavy atom. The number of amides is 2. The van der Waals surface area contributed by atoms with E-state index in [4.69, 9.17) is 15.7 Å². The second-order valence-corrected chi connectivity index (χ2v) is 5.75. The van der Waals surface area contributed by atoms with Gasteiger partial charge in [0.05, 0.1) is 18.6 Å². The molecular weight excluding hydrogens is 272 g/mol. The molecule has 1 aromatic rings. The van der Waals surface area contributed by atoms with Gasteiger partial charge in [0.15, 0.2) is 11.7 Å². The number of hydrogen-bond acceptors (Lipinski definition) is 4. The van der Waals surface area contributed by atoms with Crippen LogP contribution in [0.5, 0.6) is 0 Å². The summed E-state index contributed by atoms with van der Waals surface area (Å²) in [6.07, 6.45) is 1.88. The molecule has 2 bridgehead atoms. The second kappa shape index (κ2) is 4.94. The van der Waals surface area contributed by atoms with Crippen molar-refractivity contribution in [3.8, 4) is 0 Å². The van der Waals surface area contributed by atoms with E-state index in [9.17, 15) is 4.79 Å². The fraction of sp³-hybridized carbons (Fsp3) is 0.615. The number of urea groups is 1.